The van der Waals surface area contributed by atoms with Gasteiger partial charge in [0.05, 0.1) is 19.0 Å². The summed E-state index contributed by atoms with van der Waals surface area (Å²) in [6.45, 7) is 2.89. The molecule has 190 valence electrons. The molecule has 4 unspecified atom stereocenters. The average molecular weight is 484 g/mol. The lowest BCUT2D eigenvalue weighted by Crippen LogP contribution is -2.58. The summed E-state index contributed by atoms with van der Waals surface area (Å²) in [5, 5.41) is 25.3. The molecule has 1 aromatic heterocycles. The van der Waals surface area contributed by atoms with Crippen molar-refractivity contribution in [1.82, 2.24) is 25.9 Å². The first-order valence-electron chi connectivity index (χ1n) is 10.7. The number of carbonyl (C=O) groups is 5. The minimum Gasteiger partial charge on any atom is -0.480 e. The molecule has 0 aliphatic carbocycles. The number of carboxylic acids is 1. The van der Waals surface area contributed by atoms with Gasteiger partial charge in [0, 0.05) is 24.7 Å². The normalized spacial score (nSPS) is 14.5. The second kappa shape index (κ2) is 13.9. The summed E-state index contributed by atoms with van der Waals surface area (Å²) in [6.07, 6.45) is 2.66. The number of aromatic nitrogens is 2. The third kappa shape index (κ3) is 9.95. The fourth-order valence-corrected chi connectivity index (χ4v) is 3.00. The number of H-pyrrole nitrogens is 1. The zero-order valence-electron chi connectivity index (χ0n) is 19.1. The number of aliphatic hydroxyl groups is 1. The van der Waals surface area contributed by atoms with Crippen LogP contribution in [0.25, 0.3) is 0 Å². The first kappa shape index (κ1) is 28.5. The summed E-state index contributed by atoms with van der Waals surface area (Å²) in [4.78, 5) is 67.1. The Bertz CT molecular complexity index is 844. The number of nitrogens with two attached hydrogens (primary N) is 2. The molecule has 4 atom stereocenters. The summed E-state index contributed by atoms with van der Waals surface area (Å²) >= 11 is 0. The molecule has 0 bridgehead atoms. The first-order valence-corrected chi connectivity index (χ1v) is 10.7. The van der Waals surface area contributed by atoms with Crippen LogP contribution in [0.3, 0.4) is 0 Å². The molecule has 10 N–H and O–H groups in total. The molecule has 0 aliphatic rings. The van der Waals surface area contributed by atoms with E-state index in [1.54, 1.807) is 0 Å². The average Bonchev–Trinajstić information content (AvgIpc) is 3.26. The number of hydrogen-bond acceptors (Lipinski definition) is 8. The number of nitrogens with zero attached hydrogens (tertiary/aromatic N) is 1. The Balaban J connectivity index is 3.04. The number of aliphatic hydroxyl groups excluding tert-OH is 1. The Hall–Kier alpha value is -3.52. The number of rotatable bonds is 15. The standard InChI is InChI=1S/C20H33N7O7/c1-10(2)5-12(21)17(30)25-13(3-4-16(22)29)18(31)26-14(6-11-7-23-9-24-11)19(32)27-15(8-28)20(33)34/h7,9-10,12-15,28H,3-6,8,21H2,1-2H3,(H2,22,29)(H,23,24)(H,25,30)(H,26,31)(H,27,32)(H,33,34). The third-order valence-corrected chi connectivity index (χ3v) is 4.78. The molecule has 4 amide bonds. The van der Waals surface area contributed by atoms with E-state index < -0.39 is 60.4 Å². The van der Waals surface area contributed by atoms with Crippen LogP contribution in [0.2, 0.25) is 0 Å². The molecule has 34 heavy (non-hydrogen) atoms. The van der Waals surface area contributed by atoms with Crippen molar-refractivity contribution >= 4 is 29.6 Å². The van der Waals surface area contributed by atoms with Gasteiger partial charge in [-0.3, -0.25) is 19.2 Å². The zero-order chi connectivity index (χ0) is 25.8. The maximum absolute atomic E-state index is 13.0. The molecule has 14 heteroatoms. The van der Waals surface area contributed by atoms with Crippen LogP contribution in [0.15, 0.2) is 12.5 Å². The maximum Gasteiger partial charge on any atom is 0.328 e. The fraction of sp³-hybridized carbons (Fsp3) is 0.600. The van der Waals surface area contributed by atoms with Gasteiger partial charge in [0.1, 0.15) is 18.1 Å². The first-order chi connectivity index (χ1) is 15.9. The lowest BCUT2D eigenvalue weighted by molar-refractivity contribution is -0.143. The highest BCUT2D eigenvalue weighted by molar-refractivity contribution is 5.94. The number of aliphatic carboxylic acids is 1. The zero-order valence-corrected chi connectivity index (χ0v) is 19.1. The van der Waals surface area contributed by atoms with Gasteiger partial charge < -0.3 is 42.6 Å². The summed E-state index contributed by atoms with van der Waals surface area (Å²) in [6, 6.07) is -5.01. The monoisotopic (exact) mass is 483 g/mol. The fourth-order valence-electron chi connectivity index (χ4n) is 3.00. The van der Waals surface area contributed by atoms with Crippen LogP contribution in [0, 0.1) is 5.92 Å². The molecule has 1 rings (SSSR count). The van der Waals surface area contributed by atoms with Crippen LogP contribution < -0.4 is 27.4 Å². The van der Waals surface area contributed by atoms with Gasteiger partial charge >= 0.3 is 5.97 Å². The van der Waals surface area contributed by atoms with Crippen LogP contribution in [0.4, 0.5) is 0 Å². The summed E-state index contributed by atoms with van der Waals surface area (Å²) < 4.78 is 0. The third-order valence-electron chi connectivity index (χ3n) is 4.78. The SMILES string of the molecule is CC(C)CC(N)C(=O)NC(CCC(N)=O)C(=O)NC(Cc1cnc[nH]1)C(=O)NC(CO)C(=O)O. The summed E-state index contributed by atoms with van der Waals surface area (Å²) in [5.41, 5.74) is 11.5. The van der Waals surface area contributed by atoms with Gasteiger partial charge in [0.25, 0.3) is 0 Å². The highest BCUT2D eigenvalue weighted by Crippen LogP contribution is 2.06. The minimum absolute atomic E-state index is 0.0985. The predicted molar refractivity (Wildman–Crippen MR) is 119 cm³/mol. The van der Waals surface area contributed by atoms with Gasteiger partial charge in [0.15, 0.2) is 0 Å². The van der Waals surface area contributed by atoms with Crippen molar-refractivity contribution in [2.75, 3.05) is 6.61 Å². The molecule has 0 spiro atoms. The lowest BCUT2D eigenvalue weighted by Gasteiger charge is -2.25. The second-order valence-corrected chi connectivity index (χ2v) is 8.23. The molecule has 0 fully saturated rings. The van der Waals surface area contributed by atoms with E-state index in [1.165, 1.54) is 12.5 Å². The van der Waals surface area contributed by atoms with E-state index in [-0.39, 0.29) is 25.2 Å². The van der Waals surface area contributed by atoms with Crippen LogP contribution in [-0.4, -0.2) is 80.6 Å². The Morgan fingerprint density at radius 1 is 1.03 bits per heavy atom. The van der Waals surface area contributed by atoms with Crippen LogP contribution in [-0.2, 0) is 30.4 Å². The molecule has 0 aliphatic heterocycles. The van der Waals surface area contributed by atoms with E-state index in [9.17, 15) is 29.1 Å². The number of amides is 4. The molecule has 1 aromatic rings. The van der Waals surface area contributed by atoms with Crippen molar-refractivity contribution in [1.29, 1.82) is 0 Å². The van der Waals surface area contributed by atoms with Gasteiger partial charge in [-0.25, -0.2) is 9.78 Å². The number of hydrogen-bond donors (Lipinski definition) is 8. The topological polar surface area (TPSA) is 243 Å². The van der Waals surface area contributed by atoms with Gasteiger partial charge in [-0.05, 0) is 18.8 Å². The second-order valence-electron chi connectivity index (χ2n) is 8.23. The van der Waals surface area contributed by atoms with Gasteiger partial charge in [0.2, 0.25) is 23.6 Å². The van der Waals surface area contributed by atoms with Crippen LogP contribution in [0.1, 0.15) is 38.8 Å². The molecular formula is C20H33N7O7. The molecule has 1 heterocycles. The van der Waals surface area contributed by atoms with E-state index in [0.29, 0.717) is 12.1 Å². The van der Waals surface area contributed by atoms with Crippen molar-refractivity contribution in [2.45, 2.75) is 63.7 Å². The summed E-state index contributed by atoms with van der Waals surface area (Å²) in [7, 11) is 0. The molecule has 0 aromatic carbocycles. The molecular weight excluding hydrogens is 450 g/mol. The Morgan fingerprint density at radius 3 is 2.12 bits per heavy atom. The van der Waals surface area contributed by atoms with Gasteiger partial charge in [-0.1, -0.05) is 13.8 Å². The Morgan fingerprint density at radius 2 is 1.62 bits per heavy atom. The highest BCUT2D eigenvalue weighted by atomic mass is 16.4. The van der Waals surface area contributed by atoms with Crippen molar-refractivity contribution in [3.8, 4) is 0 Å². The van der Waals surface area contributed by atoms with Gasteiger partial charge in [-0.2, -0.15) is 0 Å². The highest BCUT2D eigenvalue weighted by Gasteiger charge is 2.30. The number of nitrogens with one attached hydrogen (secondary N) is 4. The minimum atomic E-state index is -1.59. The number of carbonyl (C=O) groups excluding carboxylic acids is 4. The van der Waals surface area contributed by atoms with Crippen molar-refractivity contribution in [3.05, 3.63) is 18.2 Å². The number of imidazole rings is 1. The summed E-state index contributed by atoms with van der Waals surface area (Å²) in [5.74, 6) is -4.34. The van der Waals surface area contributed by atoms with Crippen LogP contribution in [0.5, 0.6) is 0 Å². The number of carboxylic acid groups (broad SMARTS) is 1. The molecule has 0 saturated carbocycles. The predicted octanol–water partition coefficient (Wildman–Crippen LogP) is -2.88. The van der Waals surface area contributed by atoms with Crippen molar-refractivity contribution < 1.29 is 34.2 Å². The Labute approximate surface area is 196 Å². The lowest BCUT2D eigenvalue weighted by atomic mass is 10.0. The van der Waals surface area contributed by atoms with E-state index in [0.717, 1.165) is 0 Å². The number of primary amides is 1. The van der Waals surface area contributed by atoms with E-state index in [4.69, 9.17) is 16.6 Å². The smallest absolute Gasteiger partial charge is 0.328 e. The molecule has 14 nitrogen and oxygen atoms in total. The maximum atomic E-state index is 13.0. The quantitative estimate of drug-likeness (QED) is 0.127. The Kier molecular flexibility index (Phi) is 11.7. The molecule has 0 saturated heterocycles. The van der Waals surface area contributed by atoms with Crippen molar-refractivity contribution in [3.63, 3.8) is 0 Å². The van der Waals surface area contributed by atoms with Crippen molar-refractivity contribution in [2.24, 2.45) is 17.4 Å². The number of aromatic amines is 1. The van der Waals surface area contributed by atoms with E-state index in [1.807, 2.05) is 13.8 Å². The van der Waals surface area contributed by atoms with E-state index in [2.05, 4.69) is 25.9 Å². The molecule has 0 radical (unpaired) electrons. The van der Waals surface area contributed by atoms with E-state index >= 15 is 0 Å². The largest absolute Gasteiger partial charge is 0.480 e. The van der Waals surface area contributed by atoms with Gasteiger partial charge in [-0.15, -0.1) is 0 Å². The van der Waals surface area contributed by atoms with Crippen LogP contribution >= 0.6 is 0 Å².